The number of rotatable bonds is 8. The highest BCUT2D eigenvalue weighted by atomic mass is 32.2. The minimum atomic E-state index is -3.48. The van der Waals surface area contributed by atoms with Crippen molar-refractivity contribution in [2.45, 2.75) is 19.9 Å². The summed E-state index contributed by atoms with van der Waals surface area (Å²) in [5.41, 5.74) is 2.49. The lowest BCUT2D eigenvalue weighted by atomic mass is 10.0. The number of ether oxygens (including phenoxy) is 2. The van der Waals surface area contributed by atoms with E-state index in [0.717, 1.165) is 16.9 Å². The van der Waals surface area contributed by atoms with Gasteiger partial charge in [-0.25, -0.2) is 8.42 Å². The molecule has 7 nitrogen and oxygen atoms in total. The van der Waals surface area contributed by atoms with E-state index < -0.39 is 10.0 Å². The molecule has 29 heavy (non-hydrogen) atoms. The minimum absolute atomic E-state index is 0.0353. The molecule has 1 aliphatic heterocycles. The van der Waals surface area contributed by atoms with E-state index in [1.807, 2.05) is 25.1 Å². The summed E-state index contributed by atoms with van der Waals surface area (Å²) in [4.78, 5) is 12.4. The number of benzene rings is 2. The molecule has 1 heterocycles. The second kappa shape index (κ2) is 9.28. The second-order valence-corrected chi connectivity index (χ2v) is 8.81. The molecule has 0 bridgehead atoms. The third kappa shape index (κ3) is 5.07. The molecule has 2 aromatic carbocycles. The van der Waals surface area contributed by atoms with Crippen molar-refractivity contribution in [3.63, 3.8) is 0 Å². The standard InChI is InChI=1S/C21H26N2O5S/c1-3-28-20-7-5-4-6-19(20)21(24)22-11-13-29(25,26)23-12-10-16-14-18(27-2)9-8-17(16)15-23/h4-9,14H,3,10-13,15H2,1-2H3,(H,22,24). The van der Waals surface area contributed by atoms with Crippen molar-refractivity contribution in [3.05, 3.63) is 59.2 Å². The number of amides is 1. The smallest absolute Gasteiger partial charge is 0.255 e. The molecule has 0 fully saturated rings. The number of nitrogens with zero attached hydrogens (tertiary/aromatic N) is 1. The molecule has 0 aliphatic carbocycles. The first-order valence-corrected chi connectivity index (χ1v) is 11.2. The summed E-state index contributed by atoms with van der Waals surface area (Å²) in [6, 6.07) is 12.6. The summed E-state index contributed by atoms with van der Waals surface area (Å²) in [6.45, 7) is 3.08. The van der Waals surface area contributed by atoms with E-state index in [4.69, 9.17) is 9.47 Å². The van der Waals surface area contributed by atoms with Crippen LogP contribution in [0.3, 0.4) is 0 Å². The van der Waals surface area contributed by atoms with E-state index >= 15 is 0 Å². The van der Waals surface area contributed by atoms with Gasteiger partial charge in [-0.15, -0.1) is 0 Å². The molecular formula is C21H26N2O5S. The molecule has 1 aliphatic rings. The molecule has 0 saturated heterocycles. The summed E-state index contributed by atoms with van der Waals surface area (Å²) in [5.74, 6) is 0.759. The number of sulfonamides is 1. The number of nitrogens with one attached hydrogen (secondary N) is 1. The topological polar surface area (TPSA) is 84.9 Å². The van der Waals surface area contributed by atoms with Gasteiger partial charge in [-0.05, 0) is 48.7 Å². The van der Waals surface area contributed by atoms with Crippen molar-refractivity contribution in [2.75, 3.05) is 32.6 Å². The quantitative estimate of drug-likeness (QED) is 0.711. The van der Waals surface area contributed by atoms with Gasteiger partial charge in [0.2, 0.25) is 10.0 Å². The van der Waals surface area contributed by atoms with E-state index in [2.05, 4.69) is 5.32 Å². The fourth-order valence-corrected chi connectivity index (χ4v) is 4.64. The van der Waals surface area contributed by atoms with Gasteiger partial charge in [-0.1, -0.05) is 18.2 Å². The first-order valence-electron chi connectivity index (χ1n) is 9.58. The third-order valence-electron chi connectivity index (χ3n) is 4.86. The molecule has 0 aromatic heterocycles. The summed E-state index contributed by atoms with van der Waals surface area (Å²) in [6.07, 6.45) is 0.639. The van der Waals surface area contributed by atoms with Crippen LogP contribution >= 0.6 is 0 Å². The van der Waals surface area contributed by atoms with Gasteiger partial charge in [0.15, 0.2) is 0 Å². The van der Waals surface area contributed by atoms with Crippen LogP contribution in [0.5, 0.6) is 11.5 Å². The SMILES string of the molecule is CCOc1ccccc1C(=O)NCCS(=O)(=O)N1CCc2cc(OC)ccc2C1. The van der Waals surface area contributed by atoms with Crippen molar-refractivity contribution in [3.8, 4) is 11.5 Å². The first kappa shape index (κ1) is 21.1. The highest BCUT2D eigenvalue weighted by molar-refractivity contribution is 7.89. The number of carbonyl (C=O) groups is 1. The van der Waals surface area contributed by atoms with Crippen molar-refractivity contribution >= 4 is 15.9 Å². The Hall–Kier alpha value is -2.58. The average Bonchev–Trinajstić information content (AvgIpc) is 2.73. The van der Waals surface area contributed by atoms with Crippen LogP contribution in [0.4, 0.5) is 0 Å². The summed E-state index contributed by atoms with van der Waals surface area (Å²) in [5, 5.41) is 2.69. The predicted molar refractivity (Wildman–Crippen MR) is 111 cm³/mol. The number of carbonyl (C=O) groups excluding carboxylic acids is 1. The molecule has 1 N–H and O–H groups in total. The van der Waals surface area contributed by atoms with Crippen LogP contribution in [0.1, 0.15) is 28.4 Å². The Labute approximate surface area is 171 Å². The fourth-order valence-electron chi connectivity index (χ4n) is 3.32. The molecule has 156 valence electrons. The lowest BCUT2D eigenvalue weighted by Gasteiger charge is -2.28. The van der Waals surface area contributed by atoms with Gasteiger partial charge >= 0.3 is 0 Å². The molecule has 8 heteroatoms. The van der Waals surface area contributed by atoms with Crippen molar-refractivity contribution in [2.24, 2.45) is 0 Å². The van der Waals surface area contributed by atoms with E-state index in [9.17, 15) is 13.2 Å². The zero-order valence-corrected chi connectivity index (χ0v) is 17.5. The Morgan fingerprint density at radius 2 is 1.97 bits per heavy atom. The zero-order valence-electron chi connectivity index (χ0n) is 16.7. The van der Waals surface area contributed by atoms with Gasteiger partial charge in [-0.3, -0.25) is 4.79 Å². The second-order valence-electron chi connectivity index (χ2n) is 6.72. The molecule has 0 atom stereocenters. The maximum absolute atomic E-state index is 12.7. The Bertz CT molecular complexity index is 975. The predicted octanol–water partition coefficient (Wildman–Crippen LogP) is 2.21. The van der Waals surface area contributed by atoms with Gasteiger partial charge in [0, 0.05) is 19.6 Å². The highest BCUT2D eigenvalue weighted by Crippen LogP contribution is 2.25. The Balaban J connectivity index is 1.58. The van der Waals surface area contributed by atoms with Crippen LogP contribution in [-0.2, 0) is 23.0 Å². The average molecular weight is 419 g/mol. The van der Waals surface area contributed by atoms with Gasteiger partial charge in [0.05, 0.1) is 25.0 Å². The van der Waals surface area contributed by atoms with Gasteiger partial charge in [0.25, 0.3) is 5.91 Å². The zero-order chi connectivity index (χ0) is 20.9. The number of methoxy groups -OCH3 is 1. The first-order chi connectivity index (χ1) is 13.9. The van der Waals surface area contributed by atoms with E-state index in [0.29, 0.717) is 37.4 Å². The molecule has 0 unspecified atom stereocenters. The molecule has 1 amide bonds. The van der Waals surface area contributed by atoms with Crippen molar-refractivity contribution in [1.29, 1.82) is 0 Å². The number of para-hydroxylation sites is 1. The van der Waals surface area contributed by atoms with Crippen LogP contribution < -0.4 is 14.8 Å². The number of fused-ring (bicyclic) bond motifs is 1. The van der Waals surface area contributed by atoms with E-state index in [1.165, 1.54) is 4.31 Å². The largest absolute Gasteiger partial charge is 0.497 e. The number of hydrogen-bond donors (Lipinski definition) is 1. The normalized spacial score (nSPS) is 14.1. The maximum atomic E-state index is 12.7. The van der Waals surface area contributed by atoms with Crippen LogP contribution in [0.15, 0.2) is 42.5 Å². The molecule has 0 saturated carbocycles. The fraction of sp³-hybridized carbons (Fsp3) is 0.381. The van der Waals surface area contributed by atoms with Crippen LogP contribution in [0, 0.1) is 0 Å². The Kier molecular flexibility index (Phi) is 6.76. The summed E-state index contributed by atoms with van der Waals surface area (Å²) >= 11 is 0. The van der Waals surface area contributed by atoms with E-state index in [1.54, 1.807) is 31.4 Å². The lowest BCUT2D eigenvalue weighted by Crippen LogP contribution is -2.40. The van der Waals surface area contributed by atoms with Gasteiger partial charge in [-0.2, -0.15) is 4.31 Å². The molecule has 3 rings (SSSR count). The maximum Gasteiger partial charge on any atom is 0.255 e. The molecule has 2 aromatic rings. The molecular weight excluding hydrogens is 392 g/mol. The van der Waals surface area contributed by atoms with Crippen LogP contribution in [-0.4, -0.2) is 51.2 Å². The Morgan fingerprint density at radius 3 is 2.72 bits per heavy atom. The monoisotopic (exact) mass is 418 g/mol. The van der Waals surface area contributed by atoms with Gasteiger partial charge < -0.3 is 14.8 Å². The minimum Gasteiger partial charge on any atom is -0.497 e. The van der Waals surface area contributed by atoms with Crippen molar-refractivity contribution in [1.82, 2.24) is 9.62 Å². The highest BCUT2D eigenvalue weighted by Gasteiger charge is 2.27. The van der Waals surface area contributed by atoms with Gasteiger partial charge in [0.1, 0.15) is 11.5 Å². The molecule has 0 radical (unpaired) electrons. The third-order valence-corrected chi connectivity index (χ3v) is 6.68. The summed E-state index contributed by atoms with van der Waals surface area (Å²) in [7, 11) is -1.87. The van der Waals surface area contributed by atoms with E-state index in [-0.39, 0.29) is 18.2 Å². The van der Waals surface area contributed by atoms with Crippen LogP contribution in [0.2, 0.25) is 0 Å². The lowest BCUT2D eigenvalue weighted by molar-refractivity contribution is 0.0952. The Morgan fingerprint density at radius 1 is 1.17 bits per heavy atom. The molecule has 0 spiro atoms. The summed E-state index contributed by atoms with van der Waals surface area (Å²) < 4.78 is 37.6. The van der Waals surface area contributed by atoms with Crippen molar-refractivity contribution < 1.29 is 22.7 Å². The number of hydrogen-bond acceptors (Lipinski definition) is 5. The van der Waals surface area contributed by atoms with Crippen LogP contribution in [0.25, 0.3) is 0 Å².